The van der Waals surface area contributed by atoms with Crippen LogP contribution in [0.4, 0.5) is 0 Å². The molecule has 0 aromatic rings. The largest absolute Gasteiger partial charge is 0.380 e. The first kappa shape index (κ1) is 51.9. The minimum atomic E-state index is 0.335. The van der Waals surface area contributed by atoms with Crippen molar-refractivity contribution in [2.75, 3.05) is 47.1 Å². The van der Waals surface area contributed by atoms with Gasteiger partial charge in [-0.15, -0.1) is 0 Å². The van der Waals surface area contributed by atoms with Gasteiger partial charge in [0.15, 0.2) is 0 Å². The zero-order valence-electron chi connectivity index (χ0n) is 41.6. The van der Waals surface area contributed by atoms with Crippen LogP contribution in [-0.4, -0.2) is 64.2 Å². The Balaban J connectivity index is 0.976. The molecule has 4 rings (SSSR count). The molecule has 4 nitrogen and oxygen atoms in total. The summed E-state index contributed by atoms with van der Waals surface area (Å²) in [5.74, 6) is 5.48. The second-order valence-corrected chi connectivity index (χ2v) is 22.1. The molecule has 350 valence electrons. The summed E-state index contributed by atoms with van der Waals surface area (Å²) in [7, 11) is 4.31. The van der Waals surface area contributed by atoms with Crippen LogP contribution in [0.5, 0.6) is 0 Å². The Hall–Kier alpha value is -0.680. The van der Waals surface area contributed by atoms with Crippen molar-refractivity contribution in [3.05, 3.63) is 23.8 Å². The number of nitrogens with zero attached hydrogens (tertiary/aromatic N) is 1. The average molecular weight is 838 g/mol. The molecule has 0 amide bonds. The Morgan fingerprint density at radius 2 is 1.27 bits per heavy atom. The van der Waals surface area contributed by atoms with E-state index in [0.717, 1.165) is 75.0 Å². The van der Waals surface area contributed by atoms with E-state index in [1.165, 1.54) is 180 Å². The van der Waals surface area contributed by atoms with E-state index in [2.05, 4.69) is 78.8 Å². The number of fused-ring (bicyclic) bond motifs is 5. The molecule has 60 heavy (non-hydrogen) atoms. The van der Waals surface area contributed by atoms with E-state index >= 15 is 0 Å². The molecule has 3 fully saturated rings. The number of likely N-dealkylation sites (N-methyl/N-ethyl adjacent to an activating group) is 1. The molecule has 0 spiro atoms. The quantitative estimate of drug-likeness (QED) is 0.0477. The monoisotopic (exact) mass is 838 g/mol. The Bertz CT molecular complexity index is 1160. The Kier molecular flexibility index (Phi) is 25.1. The van der Waals surface area contributed by atoms with Crippen LogP contribution in [0.2, 0.25) is 0 Å². The topological polar surface area (TPSA) is 30.9 Å². The van der Waals surface area contributed by atoms with Gasteiger partial charge in [-0.05, 0) is 157 Å². The fourth-order valence-electron chi connectivity index (χ4n) is 12.9. The van der Waals surface area contributed by atoms with Gasteiger partial charge in [0.25, 0.3) is 0 Å². The molecule has 4 heteroatoms. The van der Waals surface area contributed by atoms with Crippen molar-refractivity contribution in [1.82, 2.24) is 4.90 Å². The van der Waals surface area contributed by atoms with Gasteiger partial charge in [0, 0.05) is 19.8 Å². The molecule has 4 aliphatic carbocycles. The molecule has 9 atom stereocenters. The number of rotatable bonds is 34. The van der Waals surface area contributed by atoms with Crippen LogP contribution in [0.3, 0.4) is 0 Å². The van der Waals surface area contributed by atoms with Crippen LogP contribution < -0.4 is 0 Å². The first-order chi connectivity index (χ1) is 29.1. The van der Waals surface area contributed by atoms with Crippen molar-refractivity contribution in [1.29, 1.82) is 0 Å². The summed E-state index contributed by atoms with van der Waals surface area (Å²) in [6.07, 6.45) is 47.0. The van der Waals surface area contributed by atoms with E-state index in [1.54, 1.807) is 5.57 Å². The van der Waals surface area contributed by atoms with Gasteiger partial charge in [0.2, 0.25) is 0 Å². The maximum absolute atomic E-state index is 6.59. The Morgan fingerprint density at radius 1 is 0.667 bits per heavy atom. The first-order valence-corrected chi connectivity index (χ1v) is 26.9. The van der Waals surface area contributed by atoms with Crippen molar-refractivity contribution < 1.29 is 14.2 Å². The van der Waals surface area contributed by atoms with Gasteiger partial charge < -0.3 is 19.1 Å². The van der Waals surface area contributed by atoms with Crippen molar-refractivity contribution in [2.24, 2.45) is 46.3 Å². The first-order valence-electron chi connectivity index (χ1n) is 26.9. The molecular formula is C56H103NO3. The SMILES string of the molecule is CCCCCCCC/C=C\CCCCCCCCOC[C@@H](COCCCCCCO[C@H]1CC[C@@]2(C)C(=CC[C@@H]3C2CC[C@@]2(C)C3CC[C@@H]2[C@H](C)CCCC(C)C)C1)N(C)C. The molecule has 0 aliphatic heterocycles. The Morgan fingerprint density at radius 3 is 1.88 bits per heavy atom. The molecule has 3 saturated carbocycles. The predicted octanol–water partition coefficient (Wildman–Crippen LogP) is 16.0. The summed E-state index contributed by atoms with van der Waals surface area (Å²) in [6.45, 7) is 19.3. The van der Waals surface area contributed by atoms with Crippen LogP contribution in [0.1, 0.15) is 228 Å². The van der Waals surface area contributed by atoms with Gasteiger partial charge >= 0.3 is 0 Å². The summed E-state index contributed by atoms with van der Waals surface area (Å²) in [6, 6.07) is 0.335. The lowest BCUT2D eigenvalue weighted by Crippen LogP contribution is -2.51. The highest BCUT2D eigenvalue weighted by Gasteiger charge is 2.59. The number of unbranched alkanes of at least 4 members (excludes halogenated alkanes) is 15. The third-order valence-corrected chi connectivity index (χ3v) is 16.9. The predicted molar refractivity (Wildman–Crippen MR) is 260 cm³/mol. The van der Waals surface area contributed by atoms with Crippen molar-refractivity contribution >= 4 is 0 Å². The van der Waals surface area contributed by atoms with Crippen molar-refractivity contribution in [2.45, 2.75) is 240 Å². The molecular weight excluding hydrogens is 735 g/mol. The highest BCUT2D eigenvalue weighted by atomic mass is 16.5. The van der Waals surface area contributed by atoms with Gasteiger partial charge in [-0.2, -0.15) is 0 Å². The molecule has 0 radical (unpaired) electrons. The number of hydrogen-bond donors (Lipinski definition) is 0. The summed E-state index contributed by atoms with van der Waals surface area (Å²) in [5, 5.41) is 0. The molecule has 2 unspecified atom stereocenters. The van der Waals surface area contributed by atoms with E-state index in [9.17, 15) is 0 Å². The summed E-state index contributed by atoms with van der Waals surface area (Å²) >= 11 is 0. The van der Waals surface area contributed by atoms with Crippen LogP contribution >= 0.6 is 0 Å². The smallest absolute Gasteiger partial charge is 0.0644 e. The Labute approximate surface area is 375 Å². The van der Waals surface area contributed by atoms with Crippen LogP contribution in [-0.2, 0) is 14.2 Å². The van der Waals surface area contributed by atoms with Crippen molar-refractivity contribution in [3.8, 4) is 0 Å². The maximum atomic E-state index is 6.59. The molecule has 0 saturated heterocycles. The van der Waals surface area contributed by atoms with E-state index in [-0.39, 0.29) is 0 Å². The second kappa shape index (κ2) is 29.0. The van der Waals surface area contributed by atoms with Crippen LogP contribution in [0.15, 0.2) is 23.8 Å². The van der Waals surface area contributed by atoms with Crippen molar-refractivity contribution in [3.63, 3.8) is 0 Å². The van der Waals surface area contributed by atoms with E-state index in [4.69, 9.17) is 14.2 Å². The number of ether oxygens (including phenoxy) is 3. The fourth-order valence-corrected chi connectivity index (χ4v) is 12.9. The molecule has 0 bridgehead atoms. The molecule has 0 aromatic carbocycles. The van der Waals surface area contributed by atoms with Crippen LogP contribution in [0, 0.1) is 46.3 Å². The van der Waals surface area contributed by atoms with Crippen LogP contribution in [0.25, 0.3) is 0 Å². The highest BCUT2D eigenvalue weighted by Crippen LogP contribution is 2.67. The number of hydrogen-bond acceptors (Lipinski definition) is 4. The standard InChI is InChI=1S/C56H103NO3/c1-9-10-11-12-13-14-15-16-17-18-19-20-21-22-23-26-40-58-44-49(57(7)8)45-59-41-27-24-25-28-42-60-50-36-38-55(5)48(43-50)32-33-51-53-35-34-52(47(4)31-29-30-46(2)3)56(53,6)39-37-54(51)55/h16-17,32,46-47,49-54H,9-15,18-31,33-45H2,1-8H3/b17-16-/t47-,49+,50+,51+,52-,53?,54?,55+,56-/m1/s1. The third kappa shape index (κ3) is 17.0. The summed E-state index contributed by atoms with van der Waals surface area (Å²) < 4.78 is 18.8. The maximum Gasteiger partial charge on any atom is 0.0644 e. The summed E-state index contributed by atoms with van der Waals surface area (Å²) in [4.78, 5) is 2.26. The third-order valence-electron chi connectivity index (χ3n) is 16.9. The molecule has 4 aliphatic rings. The zero-order valence-corrected chi connectivity index (χ0v) is 41.6. The van der Waals surface area contributed by atoms with E-state index < -0.39 is 0 Å². The van der Waals surface area contributed by atoms with E-state index in [1.807, 2.05) is 0 Å². The zero-order chi connectivity index (χ0) is 43.1. The lowest BCUT2D eigenvalue weighted by Gasteiger charge is -2.58. The minimum absolute atomic E-state index is 0.335. The highest BCUT2D eigenvalue weighted by molar-refractivity contribution is 5.25. The molecule has 0 heterocycles. The lowest BCUT2D eigenvalue weighted by atomic mass is 9.47. The van der Waals surface area contributed by atoms with Gasteiger partial charge in [-0.25, -0.2) is 0 Å². The van der Waals surface area contributed by atoms with Gasteiger partial charge in [0.1, 0.15) is 0 Å². The van der Waals surface area contributed by atoms with Gasteiger partial charge in [-0.1, -0.05) is 155 Å². The summed E-state index contributed by atoms with van der Waals surface area (Å²) in [5.41, 5.74) is 2.78. The normalized spacial score (nSPS) is 28.9. The molecule has 0 aromatic heterocycles. The molecule has 0 N–H and O–H groups in total. The fraction of sp³-hybridized carbons (Fsp3) is 0.929. The van der Waals surface area contributed by atoms with Gasteiger partial charge in [0.05, 0.1) is 25.4 Å². The lowest BCUT2D eigenvalue weighted by molar-refractivity contribution is -0.0641. The number of allylic oxidation sites excluding steroid dienone is 3. The second-order valence-electron chi connectivity index (χ2n) is 22.1. The van der Waals surface area contributed by atoms with Gasteiger partial charge in [-0.3, -0.25) is 0 Å². The average Bonchev–Trinajstić information content (AvgIpc) is 3.59. The van der Waals surface area contributed by atoms with E-state index in [0.29, 0.717) is 23.0 Å². The minimum Gasteiger partial charge on any atom is -0.380 e.